The van der Waals surface area contributed by atoms with E-state index in [1.165, 1.54) is 12.8 Å². The number of carboxylic acid groups (broad SMARTS) is 1. The lowest BCUT2D eigenvalue weighted by Crippen LogP contribution is -2.55. The predicted octanol–water partition coefficient (Wildman–Crippen LogP) is 2.85. The highest BCUT2D eigenvalue weighted by Gasteiger charge is 2.33. The quantitative estimate of drug-likeness (QED) is 0.717. The lowest BCUT2D eigenvalue weighted by Gasteiger charge is -2.41. The summed E-state index contributed by atoms with van der Waals surface area (Å²) in [5, 5.41) is 13.4. The normalized spacial score (nSPS) is 19.5. The van der Waals surface area contributed by atoms with Gasteiger partial charge in [-0.05, 0) is 25.7 Å². The average molecular weight is 339 g/mol. The Kier molecular flexibility index (Phi) is 7.34. The Morgan fingerprint density at radius 1 is 0.875 bits per heavy atom. The number of rotatable bonds is 5. The van der Waals surface area contributed by atoms with Gasteiger partial charge >= 0.3 is 18.0 Å². The van der Waals surface area contributed by atoms with Gasteiger partial charge in [0.25, 0.3) is 0 Å². The van der Waals surface area contributed by atoms with Crippen molar-refractivity contribution in [1.29, 1.82) is 0 Å². The SMILES string of the molecule is O=C(O)CCNC(=O)NC(=O)N(C1CCCCC1)C1CCCCC1. The molecular weight excluding hydrogens is 310 g/mol. The highest BCUT2D eigenvalue weighted by Crippen LogP contribution is 2.30. The highest BCUT2D eigenvalue weighted by molar-refractivity contribution is 5.93. The number of amides is 4. The summed E-state index contributed by atoms with van der Waals surface area (Å²) in [4.78, 5) is 36.9. The number of aliphatic carboxylic acids is 1. The minimum absolute atomic E-state index is 0.0152. The van der Waals surface area contributed by atoms with Crippen molar-refractivity contribution < 1.29 is 19.5 Å². The summed E-state index contributed by atoms with van der Waals surface area (Å²) in [6.07, 6.45) is 10.8. The molecule has 2 aliphatic rings. The molecular formula is C17H29N3O4. The molecule has 7 heteroatoms. The number of carbonyl (C=O) groups excluding carboxylic acids is 2. The van der Waals surface area contributed by atoms with Crippen molar-refractivity contribution in [3.8, 4) is 0 Å². The Hall–Kier alpha value is -1.79. The van der Waals surface area contributed by atoms with Gasteiger partial charge in [-0.2, -0.15) is 0 Å². The van der Waals surface area contributed by atoms with Crippen LogP contribution in [0.15, 0.2) is 0 Å². The van der Waals surface area contributed by atoms with Crippen LogP contribution in [0.1, 0.15) is 70.6 Å². The molecule has 0 bridgehead atoms. The van der Waals surface area contributed by atoms with Crippen LogP contribution >= 0.6 is 0 Å². The molecule has 0 aliphatic heterocycles. The third kappa shape index (κ3) is 5.69. The van der Waals surface area contributed by atoms with Crippen LogP contribution < -0.4 is 10.6 Å². The van der Waals surface area contributed by atoms with E-state index in [0.717, 1.165) is 51.4 Å². The Balaban J connectivity index is 1.92. The molecule has 2 aliphatic carbocycles. The van der Waals surface area contributed by atoms with Crippen molar-refractivity contribution >= 4 is 18.0 Å². The van der Waals surface area contributed by atoms with E-state index in [0.29, 0.717) is 0 Å². The molecule has 4 amide bonds. The highest BCUT2D eigenvalue weighted by atomic mass is 16.4. The molecule has 0 heterocycles. The van der Waals surface area contributed by atoms with Crippen molar-refractivity contribution in [3.05, 3.63) is 0 Å². The number of hydrogen-bond acceptors (Lipinski definition) is 3. The van der Waals surface area contributed by atoms with E-state index in [-0.39, 0.29) is 31.1 Å². The number of imide groups is 1. The number of carboxylic acids is 1. The second-order valence-electron chi connectivity index (χ2n) is 6.82. The maximum Gasteiger partial charge on any atom is 0.325 e. The number of urea groups is 2. The Labute approximate surface area is 143 Å². The molecule has 2 fully saturated rings. The fourth-order valence-corrected chi connectivity index (χ4v) is 3.84. The van der Waals surface area contributed by atoms with Gasteiger partial charge in [-0.15, -0.1) is 0 Å². The summed E-state index contributed by atoms with van der Waals surface area (Å²) < 4.78 is 0. The zero-order valence-electron chi connectivity index (χ0n) is 14.3. The van der Waals surface area contributed by atoms with Crippen LogP contribution in [0.4, 0.5) is 9.59 Å². The minimum atomic E-state index is -0.979. The van der Waals surface area contributed by atoms with Crippen LogP contribution in [0, 0.1) is 0 Å². The first-order valence-electron chi connectivity index (χ1n) is 9.17. The van der Waals surface area contributed by atoms with E-state index in [9.17, 15) is 14.4 Å². The fourth-order valence-electron chi connectivity index (χ4n) is 3.84. The molecule has 136 valence electrons. The second-order valence-corrected chi connectivity index (χ2v) is 6.82. The van der Waals surface area contributed by atoms with Crippen LogP contribution in [0.3, 0.4) is 0 Å². The summed E-state index contributed by atoms with van der Waals surface area (Å²) in [6, 6.07) is -0.512. The fraction of sp³-hybridized carbons (Fsp3) is 0.824. The van der Waals surface area contributed by atoms with Crippen LogP contribution in [-0.2, 0) is 4.79 Å². The molecule has 0 aromatic carbocycles. The zero-order chi connectivity index (χ0) is 17.4. The predicted molar refractivity (Wildman–Crippen MR) is 89.8 cm³/mol. The molecule has 0 spiro atoms. The first-order valence-corrected chi connectivity index (χ1v) is 9.17. The van der Waals surface area contributed by atoms with Gasteiger partial charge in [0.2, 0.25) is 0 Å². The monoisotopic (exact) mass is 339 g/mol. The number of hydrogen-bond donors (Lipinski definition) is 3. The van der Waals surface area contributed by atoms with E-state index in [1.54, 1.807) is 0 Å². The lowest BCUT2D eigenvalue weighted by molar-refractivity contribution is -0.136. The molecule has 24 heavy (non-hydrogen) atoms. The summed E-state index contributed by atoms with van der Waals surface area (Å²) in [7, 11) is 0. The molecule has 0 aromatic rings. The first-order chi connectivity index (χ1) is 11.6. The molecule has 0 aromatic heterocycles. The topological polar surface area (TPSA) is 98.7 Å². The number of nitrogens with one attached hydrogen (secondary N) is 2. The van der Waals surface area contributed by atoms with E-state index in [1.807, 2.05) is 4.90 Å². The Morgan fingerprint density at radius 3 is 1.83 bits per heavy atom. The van der Waals surface area contributed by atoms with Crippen molar-refractivity contribution in [2.75, 3.05) is 6.54 Å². The Morgan fingerprint density at radius 2 is 1.38 bits per heavy atom. The number of nitrogens with zero attached hydrogens (tertiary/aromatic N) is 1. The van der Waals surface area contributed by atoms with Gasteiger partial charge in [0.15, 0.2) is 0 Å². The smallest absolute Gasteiger partial charge is 0.325 e. The summed E-state index contributed by atoms with van der Waals surface area (Å²) in [6.45, 7) is 0.0152. The molecule has 3 N–H and O–H groups in total. The lowest BCUT2D eigenvalue weighted by atomic mass is 9.89. The van der Waals surface area contributed by atoms with E-state index in [2.05, 4.69) is 10.6 Å². The number of carbonyl (C=O) groups is 3. The summed E-state index contributed by atoms with van der Waals surface area (Å²) >= 11 is 0. The summed E-state index contributed by atoms with van der Waals surface area (Å²) in [5.41, 5.74) is 0. The van der Waals surface area contributed by atoms with E-state index < -0.39 is 12.0 Å². The third-order valence-electron chi connectivity index (χ3n) is 5.02. The first kappa shape index (κ1) is 18.5. The zero-order valence-corrected chi connectivity index (χ0v) is 14.3. The van der Waals surface area contributed by atoms with Crippen molar-refractivity contribution in [3.63, 3.8) is 0 Å². The average Bonchev–Trinajstić information content (AvgIpc) is 2.56. The van der Waals surface area contributed by atoms with E-state index in [4.69, 9.17) is 5.11 Å². The van der Waals surface area contributed by atoms with Gasteiger partial charge in [-0.25, -0.2) is 9.59 Å². The summed E-state index contributed by atoms with van der Waals surface area (Å²) in [5.74, 6) is -0.979. The molecule has 2 rings (SSSR count). The molecule has 2 saturated carbocycles. The molecule has 7 nitrogen and oxygen atoms in total. The standard InChI is InChI=1S/C17H29N3O4/c21-15(22)11-12-18-16(23)19-17(24)20(13-7-3-1-4-8-13)14-9-5-2-6-10-14/h13-14H,1-12H2,(H,21,22)(H2,18,19,23,24). The van der Waals surface area contributed by atoms with Gasteiger partial charge in [-0.1, -0.05) is 38.5 Å². The molecule has 0 atom stereocenters. The van der Waals surface area contributed by atoms with Crippen LogP contribution in [-0.4, -0.2) is 46.7 Å². The minimum Gasteiger partial charge on any atom is -0.481 e. The van der Waals surface area contributed by atoms with Crippen LogP contribution in [0.25, 0.3) is 0 Å². The van der Waals surface area contributed by atoms with Crippen LogP contribution in [0.2, 0.25) is 0 Å². The van der Waals surface area contributed by atoms with Gasteiger partial charge in [0.05, 0.1) is 6.42 Å². The molecule has 0 saturated heterocycles. The van der Waals surface area contributed by atoms with Gasteiger partial charge in [0, 0.05) is 18.6 Å². The maximum atomic E-state index is 12.7. The largest absolute Gasteiger partial charge is 0.481 e. The van der Waals surface area contributed by atoms with Crippen molar-refractivity contribution in [2.24, 2.45) is 0 Å². The van der Waals surface area contributed by atoms with Crippen molar-refractivity contribution in [2.45, 2.75) is 82.7 Å². The maximum absolute atomic E-state index is 12.7. The van der Waals surface area contributed by atoms with Gasteiger partial charge < -0.3 is 15.3 Å². The Bertz CT molecular complexity index is 425. The molecule has 0 unspecified atom stereocenters. The van der Waals surface area contributed by atoms with Gasteiger partial charge in [-0.3, -0.25) is 10.1 Å². The molecule has 0 radical (unpaired) electrons. The van der Waals surface area contributed by atoms with Crippen LogP contribution in [0.5, 0.6) is 0 Å². The third-order valence-corrected chi connectivity index (χ3v) is 5.02. The second kappa shape index (κ2) is 9.49. The van der Waals surface area contributed by atoms with Crippen molar-refractivity contribution in [1.82, 2.24) is 15.5 Å². The van der Waals surface area contributed by atoms with E-state index >= 15 is 0 Å². The van der Waals surface area contributed by atoms with Gasteiger partial charge in [0.1, 0.15) is 0 Å².